The molecule has 45 heavy (non-hydrogen) atoms. The van der Waals surface area contributed by atoms with Gasteiger partial charge in [0, 0.05) is 43.3 Å². The van der Waals surface area contributed by atoms with Gasteiger partial charge >= 0.3 is 12.3 Å². The van der Waals surface area contributed by atoms with Crippen molar-refractivity contribution >= 4 is 17.6 Å². The molecular weight excluding hydrogens is 593 g/mol. The Balaban J connectivity index is 1.43. The first-order valence-corrected chi connectivity index (χ1v) is 14.2. The molecule has 3 N–H and O–H groups in total. The summed E-state index contributed by atoms with van der Waals surface area (Å²) in [5, 5.41) is 25.5. The summed E-state index contributed by atoms with van der Waals surface area (Å²) in [4.78, 5) is 32.9. The van der Waals surface area contributed by atoms with E-state index < -0.39 is 29.9 Å². The molecule has 11 nitrogen and oxygen atoms in total. The number of carboxylic acid groups (broad SMARTS) is 1. The Morgan fingerprint density at radius 2 is 1.89 bits per heavy atom. The lowest BCUT2D eigenvalue weighted by Crippen LogP contribution is -2.55. The van der Waals surface area contributed by atoms with Crippen LogP contribution in [0.5, 0.6) is 5.75 Å². The predicted molar refractivity (Wildman–Crippen MR) is 158 cm³/mol. The van der Waals surface area contributed by atoms with Crippen LogP contribution in [0.15, 0.2) is 54.7 Å². The van der Waals surface area contributed by atoms with E-state index in [-0.39, 0.29) is 48.2 Å². The number of nitrogens with zero attached hydrogens (tertiary/aromatic N) is 5. The normalized spacial score (nSPS) is 16.5. The molecule has 5 rings (SSSR count). The SMILES string of the molecule is COc1ccc(-c2nc3c(C(=O)N4CCN([C@@H](CO)c5cccc(CNC(=O)O)c5)C[C@H]4C)cnn3c(C(F)(F)F)c2C)cc1. The van der Waals surface area contributed by atoms with Crippen LogP contribution in [0.1, 0.15) is 45.7 Å². The summed E-state index contributed by atoms with van der Waals surface area (Å²) in [6.07, 6.45) is -4.78. The number of carbonyl (C=O) groups is 2. The van der Waals surface area contributed by atoms with Crippen LogP contribution in [-0.4, -0.2) is 86.0 Å². The highest BCUT2D eigenvalue weighted by Gasteiger charge is 2.39. The van der Waals surface area contributed by atoms with E-state index in [1.165, 1.54) is 14.0 Å². The summed E-state index contributed by atoms with van der Waals surface area (Å²) in [6.45, 7) is 4.08. The molecule has 14 heteroatoms. The molecule has 0 radical (unpaired) electrons. The van der Waals surface area contributed by atoms with Crippen molar-refractivity contribution in [3.63, 3.8) is 0 Å². The minimum Gasteiger partial charge on any atom is -0.497 e. The Kier molecular flexibility index (Phi) is 8.98. The number of ether oxygens (including phenoxy) is 1. The number of methoxy groups -OCH3 is 1. The molecule has 2 amide bonds. The molecule has 2 aromatic carbocycles. The van der Waals surface area contributed by atoms with Crippen LogP contribution < -0.4 is 10.1 Å². The molecule has 2 aromatic heterocycles. The Bertz CT molecular complexity index is 1710. The number of halogens is 3. The van der Waals surface area contributed by atoms with Crippen molar-refractivity contribution in [1.29, 1.82) is 0 Å². The van der Waals surface area contributed by atoms with E-state index in [1.54, 1.807) is 41.3 Å². The van der Waals surface area contributed by atoms with Crippen molar-refractivity contribution in [2.75, 3.05) is 33.4 Å². The van der Waals surface area contributed by atoms with Gasteiger partial charge in [0.2, 0.25) is 0 Å². The lowest BCUT2D eigenvalue weighted by Gasteiger charge is -2.43. The summed E-state index contributed by atoms with van der Waals surface area (Å²) < 4.78 is 48.9. The van der Waals surface area contributed by atoms with Crippen molar-refractivity contribution in [2.45, 2.75) is 38.7 Å². The van der Waals surface area contributed by atoms with E-state index in [4.69, 9.17) is 9.84 Å². The fourth-order valence-electron chi connectivity index (χ4n) is 5.83. The first-order valence-electron chi connectivity index (χ1n) is 14.2. The molecule has 3 heterocycles. The number of aliphatic hydroxyl groups excluding tert-OH is 1. The molecule has 0 saturated carbocycles. The molecule has 1 fully saturated rings. The van der Waals surface area contributed by atoms with E-state index in [1.807, 2.05) is 24.0 Å². The number of nitrogens with one attached hydrogen (secondary N) is 1. The summed E-state index contributed by atoms with van der Waals surface area (Å²) in [7, 11) is 1.49. The molecule has 1 aliphatic heterocycles. The monoisotopic (exact) mass is 626 g/mol. The Morgan fingerprint density at radius 3 is 2.51 bits per heavy atom. The number of carbonyl (C=O) groups excluding carboxylic acids is 1. The van der Waals surface area contributed by atoms with Gasteiger partial charge in [-0.25, -0.2) is 14.3 Å². The number of hydrogen-bond donors (Lipinski definition) is 3. The van der Waals surface area contributed by atoms with Gasteiger partial charge in [-0.2, -0.15) is 18.3 Å². The molecule has 1 saturated heterocycles. The van der Waals surface area contributed by atoms with Gasteiger partial charge < -0.3 is 25.2 Å². The van der Waals surface area contributed by atoms with Crippen LogP contribution in [0.4, 0.5) is 18.0 Å². The van der Waals surface area contributed by atoms with Crippen molar-refractivity contribution in [3.8, 4) is 17.0 Å². The van der Waals surface area contributed by atoms with Crippen LogP contribution in [0.3, 0.4) is 0 Å². The van der Waals surface area contributed by atoms with Crippen molar-refractivity contribution in [1.82, 2.24) is 29.7 Å². The maximum atomic E-state index is 14.4. The number of fused-ring (bicyclic) bond motifs is 1. The maximum absolute atomic E-state index is 14.4. The molecule has 0 aliphatic carbocycles. The van der Waals surface area contributed by atoms with E-state index in [0.29, 0.717) is 28.9 Å². The van der Waals surface area contributed by atoms with Crippen LogP contribution in [0, 0.1) is 6.92 Å². The number of alkyl halides is 3. The molecule has 0 bridgehead atoms. The lowest BCUT2D eigenvalue weighted by molar-refractivity contribution is -0.143. The average molecular weight is 627 g/mol. The average Bonchev–Trinajstić information content (AvgIpc) is 3.42. The Hall–Kier alpha value is -4.69. The summed E-state index contributed by atoms with van der Waals surface area (Å²) >= 11 is 0. The third-order valence-corrected chi connectivity index (χ3v) is 8.06. The summed E-state index contributed by atoms with van der Waals surface area (Å²) in [6, 6.07) is 12.9. The standard InChI is InChI=1S/C31H33F3N6O5/c1-18-16-38(25(17-41)22-6-4-5-20(13-22)14-35-30(43)44)11-12-39(18)29(42)24-15-36-40-27(31(32,33)34)19(2)26(37-28(24)40)21-7-9-23(45-3)10-8-21/h4-10,13,15,18,25,35,41H,11-12,14,16-17H2,1-3H3,(H,43,44)/t18-,25+/m1/s1. The highest BCUT2D eigenvalue weighted by Crippen LogP contribution is 2.37. The van der Waals surface area contributed by atoms with Crippen molar-refractivity contribution in [2.24, 2.45) is 0 Å². The van der Waals surface area contributed by atoms with Gasteiger partial charge in [0.1, 0.15) is 11.3 Å². The quantitative estimate of drug-likeness (QED) is 0.263. The van der Waals surface area contributed by atoms with Gasteiger partial charge in [0.25, 0.3) is 5.91 Å². The molecule has 2 atom stereocenters. The molecule has 1 aliphatic rings. The van der Waals surface area contributed by atoms with Gasteiger partial charge in [-0.3, -0.25) is 9.69 Å². The van der Waals surface area contributed by atoms with Crippen molar-refractivity contribution < 1.29 is 37.7 Å². The second kappa shape index (κ2) is 12.7. The second-order valence-electron chi connectivity index (χ2n) is 10.9. The predicted octanol–water partition coefficient (Wildman–Crippen LogP) is 4.38. The Morgan fingerprint density at radius 1 is 1.16 bits per heavy atom. The van der Waals surface area contributed by atoms with E-state index >= 15 is 0 Å². The van der Waals surface area contributed by atoms with Crippen LogP contribution >= 0.6 is 0 Å². The first-order chi connectivity index (χ1) is 21.4. The summed E-state index contributed by atoms with van der Waals surface area (Å²) in [5.41, 5.74) is 0.660. The maximum Gasteiger partial charge on any atom is 0.433 e. The third-order valence-electron chi connectivity index (χ3n) is 8.06. The molecular formula is C31H33F3N6O5. The Labute approximate surface area is 256 Å². The van der Waals surface area contributed by atoms with Crippen LogP contribution in [-0.2, 0) is 12.7 Å². The van der Waals surface area contributed by atoms with Crippen molar-refractivity contribution in [3.05, 3.63) is 82.7 Å². The number of rotatable bonds is 8. The van der Waals surface area contributed by atoms with E-state index in [9.17, 15) is 27.9 Å². The number of aromatic nitrogens is 3. The number of benzene rings is 2. The molecule has 0 spiro atoms. The zero-order valence-electron chi connectivity index (χ0n) is 24.9. The topological polar surface area (TPSA) is 133 Å². The second-order valence-corrected chi connectivity index (χ2v) is 10.9. The van der Waals surface area contributed by atoms with Gasteiger partial charge in [0.15, 0.2) is 11.3 Å². The molecule has 4 aromatic rings. The van der Waals surface area contributed by atoms with Gasteiger partial charge in [-0.1, -0.05) is 24.3 Å². The van der Waals surface area contributed by atoms with Gasteiger partial charge in [-0.15, -0.1) is 0 Å². The number of piperazine rings is 1. The largest absolute Gasteiger partial charge is 0.497 e. The van der Waals surface area contributed by atoms with Gasteiger partial charge in [-0.05, 0) is 49.2 Å². The van der Waals surface area contributed by atoms with Crippen LogP contribution in [0.25, 0.3) is 16.9 Å². The molecule has 0 unspecified atom stereocenters. The zero-order chi connectivity index (χ0) is 32.5. The first kappa shape index (κ1) is 31.7. The highest BCUT2D eigenvalue weighted by atomic mass is 19.4. The minimum absolute atomic E-state index is 0.0482. The van der Waals surface area contributed by atoms with E-state index in [0.717, 1.165) is 17.3 Å². The fraction of sp³-hybridized carbons (Fsp3) is 0.355. The summed E-state index contributed by atoms with van der Waals surface area (Å²) in [5.74, 6) is 0.0396. The van der Waals surface area contributed by atoms with Crippen LogP contribution in [0.2, 0.25) is 0 Å². The van der Waals surface area contributed by atoms with Gasteiger partial charge in [0.05, 0.1) is 31.6 Å². The smallest absolute Gasteiger partial charge is 0.433 e. The number of amides is 2. The number of aliphatic hydroxyl groups is 1. The zero-order valence-corrected chi connectivity index (χ0v) is 24.9. The minimum atomic E-state index is -4.77. The lowest BCUT2D eigenvalue weighted by atomic mass is 10.0. The number of hydrogen-bond acceptors (Lipinski definition) is 7. The third kappa shape index (κ3) is 6.42. The highest BCUT2D eigenvalue weighted by molar-refractivity contribution is 6.00. The molecule has 238 valence electrons. The van der Waals surface area contributed by atoms with E-state index in [2.05, 4.69) is 15.4 Å². The fourth-order valence-corrected chi connectivity index (χ4v) is 5.83.